The van der Waals surface area contributed by atoms with Gasteiger partial charge >= 0.3 is 0 Å². The zero-order valence-electron chi connectivity index (χ0n) is 8.87. The summed E-state index contributed by atoms with van der Waals surface area (Å²) in [7, 11) is 1.66. The third kappa shape index (κ3) is 3.46. The van der Waals surface area contributed by atoms with Gasteiger partial charge in [-0.2, -0.15) is 0 Å². The Kier molecular flexibility index (Phi) is 3.96. The molecule has 0 fully saturated rings. The average molecular weight is 189 g/mol. The SMILES string of the molecule is COc1ccc(CN=C=C(C)C)cc1. The van der Waals surface area contributed by atoms with Crippen molar-refractivity contribution in [3.8, 4) is 5.75 Å². The topological polar surface area (TPSA) is 21.6 Å². The summed E-state index contributed by atoms with van der Waals surface area (Å²) in [5.41, 5.74) is 2.26. The molecule has 0 radical (unpaired) electrons. The molecule has 0 aliphatic rings. The van der Waals surface area contributed by atoms with E-state index in [0.29, 0.717) is 6.54 Å². The van der Waals surface area contributed by atoms with Crippen LogP contribution in [-0.2, 0) is 6.54 Å². The van der Waals surface area contributed by atoms with E-state index in [1.54, 1.807) is 7.11 Å². The van der Waals surface area contributed by atoms with Crippen molar-refractivity contribution in [2.24, 2.45) is 4.99 Å². The summed E-state index contributed by atoms with van der Waals surface area (Å²) >= 11 is 0. The normalized spacial score (nSPS) is 9.07. The molecule has 1 aromatic rings. The van der Waals surface area contributed by atoms with Crippen molar-refractivity contribution < 1.29 is 4.74 Å². The molecule has 0 bridgehead atoms. The average Bonchev–Trinajstić information content (AvgIpc) is 2.18. The number of aliphatic imine (C=N–C) groups is 1. The van der Waals surface area contributed by atoms with E-state index < -0.39 is 0 Å². The van der Waals surface area contributed by atoms with E-state index in [1.165, 1.54) is 5.56 Å². The van der Waals surface area contributed by atoms with Crippen LogP contribution >= 0.6 is 0 Å². The molecule has 0 amide bonds. The summed E-state index contributed by atoms with van der Waals surface area (Å²) in [6.45, 7) is 4.64. The van der Waals surface area contributed by atoms with E-state index in [0.717, 1.165) is 11.3 Å². The molecule has 1 rings (SSSR count). The van der Waals surface area contributed by atoms with Gasteiger partial charge in [0.25, 0.3) is 0 Å². The Hall–Kier alpha value is -1.53. The van der Waals surface area contributed by atoms with Gasteiger partial charge in [0.05, 0.1) is 13.7 Å². The summed E-state index contributed by atoms with van der Waals surface area (Å²) in [6.07, 6.45) is 0. The van der Waals surface area contributed by atoms with E-state index in [9.17, 15) is 0 Å². The summed E-state index contributed by atoms with van der Waals surface area (Å²) in [6, 6.07) is 7.89. The highest BCUT2D eigenvalue weighted by atomic mass is 16.5. The summed E-state index contributed by atoms with van der Waals surface area (Å²) in [5, 5.41) is 0. The molecule has 0 heterocycles. The zero-order valence-corrected chi connectivity index (χ0v) is 8.87. The number of benzene rings is 1. The van der Waals surface area contributed by atoms with Gasteiger partial charge in [0.2, 0.25) is 0 Å². The Morgan fingerprint density at radius 3 is 2.43 bits per heavy atom. The molecule has 0 aliphatic heterocycles. The second kappa shape index (κ2) is 5.25. The van der Waals surface area contributed by atoms with Gasteiger partial charge in [-0.25, -0.2) is 4.99 Å². The standard InChI is InChI=1S/C12H15NO/c1-10(2)8-13-9-11-4-6-12(14-3)7-5-11/h4-7H,9H2,1-3H3. The van der Waals surface area contributed by atoms with Crippen LogP contribution in [0.1, 0.15) is 19.4 Å². The van der Waals surface area contributed by atoms with Crippen LogP contribution in [0, 0.1) is 0 Å². The monoisotopic (exact) mass is 189 g/mol. The first-order valence-corrected chi connectivity index (χ1v) is 4.58. The minimum Gasteiger partial charge on any atom is -0.497 e. The van der Waals surface area contributed by atoms with Gasteiger partial charge in [0, 0.05) is 0 Å². The van der Waals surface area contributed by atoms with E-state index in [2.05, 4.69) is 10.9 Å². The molecule has 0 spiro atoms. The molecule has 14 heavy (non-hydrogen) atoms. The molecule has 2 nitrogen and oxygen atoms in total. The molecule has 0 aromatic heterocycles. The van der Waals surface area contributed by atoms with Gasteiger partial charge in [-0.05, 0) is 43.0 Å². The number of rotatable bonds is 3. The van der Waals surface area contributed by atoms with Crippen LogP contribution in [-0.4, -0.2) is 13.0 Å². The molecule has 1 aromatic carbocycles. The van der Waals surface area contributed by atoms with Gasteiger partial charge in [0.15, 0.2) is 0 Å². The molecule has 0 aliphatic carbocycles. The molecule has 74 valence electrons. The molecule has 0 saturated carbocycles. The van der Waals surface area contributed by atoms with Crippen LogP contribution in [0.2, 0.25) is 0 Å². The Morgan fingerprint density at radius 1 is 1.29 bits per heavy atom. The molecular weight excluding hydrogens is 174 g/mol. The number of hydrogen-bond acceptors (Lipinski definition) is 2. The van der Waals surface area contributed by atoms with Crippen molar-refractivity contribution in [1.29, 1.82) is 0 Å². The molecule has 2 heteroatoms. The number of nitrogens with zero attached hydrogens (tertiary/aromatic N) is 1. The van der Waals surface area contributed by atoms with Crippen LogP contribution in [0.25, 0.3) is 0 Å². The minimum atomic E-state index is 0.676. The lowest BCUT2D eigenvalue weighted by Gasteiger charge is -1.99. The number of hydrogen-bond donors (Lipinski definition) is 0. The van der Waals surface area contributed by atoms with Crippen molar-refractivity contribution >= 4 is 5.87 Å². The highest BCUT2D eigenvalue weighted by Gasteiger charge is 1.91. The van der Waals surface area contributed by atoms with E-state index >= 15 is 0 Å². The van der Waals surface area contributed by atoms with Crippen LogP contribution in [0.15, 0.2) is 34.8 Å². The Balaban J connectivity index is 2.65. The maximum absolute atomic E-state index is 5.06. The van der Waals surface area contributed by atoms with Crippen LogP contribution < -0.4 is 4.74 Å². The van der Waals surface area contributed by atoms with E-state index in [1.807, 2.05) is 38.1 Å². The molecule has 0 atom stereocenters. The molecule has 0 N–H and O–H groups in total. The Bertz CT molecular complexity index is 341. The fourth-order valence-electron chi connectivity index (χ4n) is 1.02. The fraction of sp³-hybridized carbons (Fsp3) is 0.333. The predicted octanol–water partition coefficient (Wildman–Crippen LogP) is 2.83. The highest BCUT2D eigenvalue weighted by Crippen LogP contribution is 2.11. The Morgan fingerprint density at radius 2 is 1.93 bits per heavy atom. The van der Waals surface area contributed by atoms with Gasteiger partial charge in [-0.1, -0.05) is 12.1 Å². The smallest absolute Gasteiger partial charge is 0.118 e. The molecule has 0 unspecified atom stereocenters. The molecular formula is C12H15NO. The van der Waals surface area contributed by atoms with Crippen molar-refractivity contribution in [1.82, 2.24) is 0 Å². The first kappa shape index (κ1) is 10.6. The first-order chi connectivity index (χ1) is 6.72. The maximum atomic E-state index is 5.06. The van der Waals surface area contributed by atoms with Crippen molar-refractivity contribution in [2.75, 3.05) is 7.11 Å². The van der Waals surface area contributed by atoms with E-state index in [-0.39, 0.29) is 0 Å². The van der Waals surface area contributed by atoms with E-state index in [4.69, 9.17) is 4.74 Å². The van der Waals surface area contributed by atoms with Gasteiger partial charge < -0.3 is 4.74 Å². The van der Waals surface area contributed by atoms with Crippen molar-refractivity contribution in [3.63, 3.8) is 0 Å². The fourth-order valence-corrected chi connectivity index (χ4v) is 1.02. The van der Waals surface area contributed by atoms with Crippen LogP contribution in [0.5, 0.6) is 5.75 Å². The zero-order chi connectivity index (χ0) is 10.4. The largest absolute Gasteiger partial charge is 0.497 e. The second-order valence-corrected chi connectivity index (χ2v) is 3.28. The third-order valence-corrected chi connectivity index (χ3v) is 1.72. The quantitative estimate of drug-likeness (QED) is 0.670. The lowest BCUT2D eigenvalue weighted by atomic mass is 10.2. The summed E-state index contributed by atoms with van der Waals surface area (Å²) in [4.78, 5) is 4.17. The van der Waals surface area contributed by atoms with Crippen LogP contribution in [0.4, 0.5) is 0 Å². The summed E-state index contributed by atoms with van der Waals surface area (Å²) in [5.74, 6) is 3.81. The first-order valence-electron chi connectivity index (χ1n) is 4.58. The maximum Gasteiger partial charge on any atom is 0.118 e. The lowest BCUT2D eigenvalue weighted by molar-refractivity contribution is 0.414. The summed E-state index contributed by atoms with van der Waals surface area (Å²) < 4.78 is 5.06. The number of ether oxygens (including phenoxy) is 1. The van der Waals surface area contributed by atoms with Gasteiger partial charge in [0.1, 0.15) is 5.75 Å². The van der Waals surface area contributed by atoms with Crippen LogP contribution in [0.3, 0.4) is 0 Å². The second-order valence-electron chi connectivity index (χ2n) is 3.28. The van der Waals surface area contributed by atoms with Gasteiger partial charge in [-0.3, -0.25) is 0 Å². The Labute approximate surface area is 84.9 Å². The minimum absolute atomic E-state index is 0.676. The predicted molar refractivity (Wildman–Crippen MR) is 59.0 cm³/mol. The van der Waals surface area contributed by atoms with Crippen molar-refractivity contribution in [2.45, 2.75) is 20.4 Å². The van der Waals surface area contributed by atoms with Gasteiger partial charge in [-0.15, -0.1) is 0 Å². The highest BCUT2D eigenvalue weighted by molar-refractivity contribution is 5.56. The lowest BCUT2D eigenvalue weighted by Crippen LogP contribution is -1.84. The van der Waals surface area contributed by atoms with Crippen molar-refractivity contribution in [3.05, 3.63) is 35.4 Å². The molecule has 0 saturated heterocycles. The number of methoxy groups -OCH3 is 1. The third-order valence-electron chi connectivity index (χ3n) is 1.72. The number of allylic oxidation sites excluding steroid dienone is 1.